The van der Waals surface area contributed by atoms with E-state index in [0.29, 0.717) is 6.61 Å². The van der Waals surface area contributed by atoms with Gasteiger partial charge >= 0.3 is 0 Å². The Balaban J connectivity index is 1.63. The molecule has 80 valence electrons. The first kappa shape index (κ1) is 10.0. The Labute approximate surface area is 90.2 Å². The molecule has 0 atom stereocenters. The highest BCUT2D eigenvalue weighted by Gasteiger charge is 2.04. The molecule has 1 aliphatic heterocycles. The van der Waals surface area contributed by atoms with Gasteiger partial charge in [-0.15, -0.1) is 0 Å². The number of nitrogens with zero attached hydrogens (tertiary/aromatic N) is 1. The number of rotatable bonds is 4. The zero-order valence-corrected chi connectivity index (χ0v) is 8.78. The zero-order valence-electron chi connectivity index (χ0n) is 8.78. The number of ether oxygens (including phenoxy) is 1. The number of benzene rings is 1. The fourth-order valence-corrected chi connectivity index (χ4v) is 1.56. The molecule has 1 aromatic rings. The Kier molecular flexibility index (Phi) is 3.60. The van der Waals surface area contributed by atoms with Gasteiger partial charge in [0, 0.05) is 13.0 Å². The standard InChI is InChI=1S/C12H16N2O/c1-2-5-11(6-3-1)15-10-9-14-12-7-4-8-13-12/h1-3,5-6H,4,7-10H2,(H,13,14). The van der Waals surface area contributed by atoms with Crippen LogP contribution in [0.25, 0.3) is 0 Å². The van der Waals surface area contributed by atoms with Gasteiger partial charge in [0.25, 0.3) is 0 Å². The first-order valence-electron chi connectivity index (χ1n) is 5.40. The highest BCUT2D eigenvalue weighted by molar-refractivity contribution is 5.83. The molecular weight excluding hydrogens is 188 g/mol. The maximum Gasteiger partial charge on any atom is 0.119 e. The second kappa shape index (κ2) is 5.39. The fraction of sp³-hybridized carbons (Fsp3) is 0.417. The van der Waals surface area contributed by atoms with Crippen molar-refractivity contribution in [2.45, 2.75) is 12.8 Å². The number of hydrogen-bond donors (Lipinski definition) is 1. The number of amidine groups is 1. The van der Waals surface area contributed by atoms with E-state index < -0.39 is 0 Å². The minimum Gasteiger partial charge on any atom is -0.492 e. The van der Waals surface area contributed by atoms with Gasteiger partial charge in [-0.3, -0.25) is 4.99 Å². The SMILES string of the molecule is c1ccc(OCCNC2=NCCC2)cc1. The third-order valence-corrected chi connectivity index (χ3v) is 2.32. The Bertz CT molecular complexity index is 322. The van der Waals surface area contributed by atoms with E-state index in [0.717, 1.165) is 31.1 Å². The van der Waals surface area contributed by atoms with Crippen molar-refractivity contribution in [2.24, 2.45) is 4.99 Å². The van der Waals surface area contributed by atoms with E-state index in [2.05, 4.69) is 10.3 Å². The van der Waals surface area contributed by atoms with Crippen molar-refractivity contribution < 1.29 is 4.74 Å². The Morgan fingerprint density at radius 1 is 1.27 bits per heavy atom. The normalized spacial score (nSPS) is 14.8. The van der Waals surface area contributed by atoms with Gasteiger partial charge in [0.1, 0.15) is 12.4 Å². The summed E-state index contributed by atoms with van der Waals surface area (Å²) in [6.07, 6.45) is 2.27. The summed E-state index contributed by atoms with van der Waals surface area (Å²) in [5, 5.41) is 3.28. The molecule has 1 aliphatic rings. The molecule has 0 saturated heterocycles. The van der Waals surface area contributed by atoms with Gasteiger partial charge in [-0.25, -0.2) is 0 Å². The minimum absolute atomic E-state index is 0.684. The molecular formula is C12H16N2O. The fourth-order valence-electron chi connectivity index (χ4n) is 1.56. The molecule has 3 nitrogen and oxygen atoms in total. The number of aliphatic imine (C=N–C) groups is 1. The molecule has 2 rings (SSSR count). The summed E-state index contributed by atoms with van der Waals surface area (Å²) in [5.41, 5.74) is 0. The van der Waals surface area contributed by atoms with Gasteiger partial charge in [-0.2, -0.15) is 0 Å². The summed E-state index contributed by atoms with van der Waals surface area (Å²) in [7, 11) is 0. The van der Waals surface area contributed by atoms with Gasteiger partial charge in [0.05, 0.1) is 12.4 Å². The Hall–Kier alpha value is -1.51. The molecule has 0 spiro atoms. The minimum atomic E-state index is 0.684. The van der Waals surface area contributed by atoms with E-state index >= 15 is 0 Å². The van der Waals surface area contributed by atoms with Crippen molar-refractivity contribution in [3.63, 3.8) is 0 Å². The van der Waals surface area contributed by atoms with Gasteiger partial charge in [0.15, 0.2) is 0 Å². The van der Waals surface area contributed by atoms with E-state index in [1.165, 1.54) is 6.42 Å². The van der Waals surface area contributed by atoms with Crippen LogP contribution in [0, 0.1) is 0 Å². The molecule has 1 heterocycles. The van der Waals surface area contributed by atoms with Crippen molar-refractivity contribution >= 4 is 5.84 Å². The van der Waals surface area contributed by atoms with E-state index in [4.69, 9.17) is 4.74 Å². The lowest BCUT2D eigenvalue weighted by Crippen LogP contribution is -2.26. The molecule has 0 aliphatic carbocycles. The van der Waals surface area contributed by atoms with Gasteiger partial charge in [0.2, 0.25) is 0 Å². The summed E-state index contributed by atoms with van der Waals surface area (Å²) in [6, 6.07) is 9.87. The van der Waals surface area contributed by atoms with Crippen molar-refractivity contribution in [3.05, 3.63) is 30.3 Å². The van der Waals surface area contributed by atoms with Crippen molar-refractivity contribution in [3.8, 4) is 5.75 Å². The van der Waals surface area contributed by atoms with Crippen LogP contribution in [-0.2, 0) is 0 Å². The molecule has 3 heteroatoms. The Morgan fingerprint density at radius 2 is 2.13 bits per heavy atom. The lowest BCUT2D eigenvalue weighted by Gasteiger charge is -2.07. The van der Waals surface area contributed by atoms with E-state index in [1.807, 2.05) is 30.3 Å². The van der Waals surface area contributed by atoms with Crippen LogP contribution in [0.15, 0.2) is 35.3 Å². The molecule has 0 fully saturated rings. The van der Waals surface area contributed by atoms with E-state index in [-0.39, 0.29) is 0 Å². The third kappa shape index (κ3) is 3.27. The smallest absolute Gasteiger partial charge is 0.119 e. The summed E-state index contributed by atoms with van der Waals surface area (Å²) in [6.45, 7) is 2.48. The second-order valence-electron chi connectivity index (χ2n) is 3.52. The molecule has 0 amide bonds. The maximum atomic E-state index is 5.55. The van der Waals surface area contributed by atoms with Crippen LogP contribution in [0.4, 0.5) is 0 Å². The highest BCUT2D eigenvalue weighted by atomic mass is 16.5. The van der Waals surface area contributed by atoms with Gasteiger partial charge in [-0.1, -0.05) is 18.2 Å². The van der Waals surface area contributed by atoms with Crippen LogP contribution in [-0.4, -0.2) is 25.5 Å². The largest absolute Gasteiger partial charge is 0.492 e. The maximum absolute atomic E-state index is 5.55. The van der Waals surface area contributed by atoms with Crippen LogP contribution in [0.5, 0.6) is 5.75 Å². The monoisotopic (exact) mass is 204 g/mol. The summed E-state index contributed by atoms with van der Waals surface area (Å²) < 4.78 is 5.55. The predicted molar refractivity (Wildman–Crippen MR) is 61.5 cm³/mol. The average Bonchev–Trinajstić information content (AvgIpc) is 2.79. The van der Waals surface area contributed by atoms with Crippen LogP contribution in [0.1, 0.15) is 12.8 Å². The third-order valence-electron chi connectivity index (χ3n) is 2.32. The average molecular weight is 204 g/mol. The second-order valence-corrected chi connectivity index (χ2v) is 3.52. The molecule has 1 aromatic carbocycles. The van der Waals surface area contributed by atoms with Crippen LogP contribution >= 0.6 is 0 Å². The molecule has 1 N–H and O–H groups in total. The molecule has 0 radical (unpaired) electrons. The molecule has 0 unspecified atom stereocenters. The molecule has 0 aromatic heterocycles. The number of para-hydroxylation sites is 1. The predicted octanol–water partition coefficient (Wildman–Crippen LogP) is 1.85. The van der Waals surface area contributed by atoms with Crippen molar-refractivity contribution in [1.82, 2.24) is 5.32 Å². The molecule has 15 heavy (non-hydrogen) atoms. The summed E-state index contributed by atoms with van der Waals surface area (Å²) >= 11 is 0. The quantitative estimate of drug-likeness (QED) is 0.759. The number of nitrogens with one attached hydrogen (secondary N) is 1. The first-order chi connectivity index (χ1) is 7.45. The topological polar surface area (TPSA) is 33.6 Å². The Morgan fingerprint density at radius 3 is 2.87 bits per heavy atom. The van der Waals surface area contributed by atoms with Gasteiger partial charge in [-0.05, 0) is 18.6 Å². The summed E-state index contributed by atoms with van der Waals surface area (Å²) in [5.74, 6) is 2.05. The van der Waals surface area contributed by atoms with Crippen LogP contribution in [0.2, 0.25) is 0 Å². The first-order valence-corrected chi connectivity index (χ1v) is 5.40. The number of hydrogen-bond acceptors (Lipinski definition) is 3. The van der Waals surface area contributed by atoms with Crippen molar-refractivity contribution in [2.75, 3.05) is 19.7 Å². The van der Waals surface area contributed by atoms with E-state index in [1.54, 1.807) is 0 Å². The van der Waals surface area contributed by atoms with Crippen LogP contribution in [0.3, 0.4) is 0 Å². The molecule has 0 saturated carbocycles. The van der Waals surface area contributed by atoms with Crippen LogP contribution < -0.4 is 10.1 Å². The summed E-state index contributed by atoms with van der Waals surface area (Å²) in [4.78, 5) is 4.33. The zero-order chi connectivity index (χ0) is 10.3. The van der Waals surface area contributed by atoms with E-state index in [9.17, 15) is 0 Å². The molecule has 0 bridgehead atoms. The lowest BCUT2D eigenvalue weighted by molar-refractivity contribution is 0.322. The van der Waals surface area contributed by atoms with Crippen molar-refractivity contribution in [1.29, 1.82) is 0 Å². The lowest BCUT2D eigenvalue weighted by atomic mass is 10.3. The van der Waals surface area contributed by atoms with Gasteiger partial charge < -0.3 is 10.1 Å². The highest BCUT2D eigenvalue weighted by Crippen LogP contribution is 2.07.